The second-order valence-electron chi connectivity index (χ2n) is 5.09. The fraction of sp³-hybridized carbons (Fsp3) is 0.556. The summed E-state index contributed by atoms with van der Waals surface area (Å²) in [6.45, 7) is 6.41. The van der Waals surface area contributed by atoms with Gasteiger partial charge >= 0.3 is 0 Å². The molecule has 1 N–H and O–H groups in total. The van der Waals surface area contributed by atoms with Crippen molar-refractivity contribution >= 4 is 0 Å². The molecule has 104 valence electrons. The Morgan fingerprint density at radius 1 is 1.11 bits per heavy atom. The van der Waals surface area contributed by atoms with Gasteiger partial charge in [0.25, 0.3) is 0 Å². The van der Waals surface area contributed by atoms with Gasteiger partial charge in [-0.2, -0.15) is 0 Å². The number of hydrogen-bond donors (Lipinski definition) is 1. The van der Waals surface area contributed by atoms with E-state index in [1.165, 1.54) is 25.7 Å². The molecule has 0 bridgehead atoms. The average molecular weight is 258 g/mol. The number of aliphatic hydroxyl groups excluding tert-OH is 1. The van der Waals surface area contributed by atoms with E-state index in [0.29, 0.717) is 5.92 Å². The highest BCUT2D eigenvalue weighted by atomic mass is 16.3. The Morgan fingerprint density at radius 3 is 2.37 bits per heavy atom. The highest BCUT2D eigenvalue weighted by Gasteiger charge is 2.05. The van der Waals surface area contributed by atoms with E-state index in [0.717, 1.165) is 17.5 Å². The van der Waals surface area contributed by atoms with Crippen LogP contribution in [0.5, 0.6) is 0 Å². The standard InChI is InChI=1S/C18H26O/c1-4-8-15(9-5-2)12-13-16-10-7-11-17(14-16)18(19)6-3/h7,10-11,14-15,18-19H,4-6,8-9H2,1-3H3. The zero-order valence-corrected chi connectivity index (χ0v) is 12.4. The van der Waals surface area contributed by atoms with Crippen molar-refractivity contribution in [1.82, 2.24) is 0 Å². The van der Waals surface area contributed by atoms with Gasteiger partial charge in [0.15, 0.2) is 0 Å². The maximum Gasteiger partial charge on any atom is 0.0787 e. The van der Waals surface area contributed by atoms with E-state index < -0.39 is 0 Å². The van der Waals surface area contributed by atoms with Crippen molar-refractivity contribution in [3.63, 3.8) is 0 Å². The molecule has 1 nitrogen and oxygen atoms in total. The molecule has 1 unspecified atom stereocenters. The van der Waals surface area contributed by atoms with E-state index in [1.807, 2.05) is 31.2 Å². The number of hydrogen-bond acceptors (Lipinski definition) is 1. The van der Waals surface area contributed by atoms with Gasteiger partial charge in [0.1, 0.15) is 0 Å². The Bertz CT molecular complexity index is 419. The highest BCUT2D eigenvalue weighted by Crippen LogP contribution is 2.17. The van der Waals surface area contributed by atoms with Gasteiger partial charge in [0, 0.05) is 11.5 Å². The Balaban J connectivity index is 2.80. The molecule has 0 saturated heterocycles. The minimum absolute atomic E-state index is 0.371. The fourth-order valence-electron chi connectivity index (χ4n) is 2.23. The molecule has 0 saturated carbocycles. The third-order valence-electron chi connectivity index (χ3n) is 3.35. The second kappa shape index (κ2) is 8.77. The summed E-state index contributed by atoms with van der Waals surface area (Å²) in [7, 11) is 0. The average Bonchev–Trinajstić information content (AvgIpc) is 2.44. The van der Waals surface area contributed by atoms with Gasteiger partial charge in [-0.3, -0.25) is 0 Å². The van der Waals surface area contributed by atoms with Crippen molar-refractivity contribution in [3.05, 3.63) is 35.4 Å². The summed E-state index contributed by atoms with van der Waals surface area (Å²) in [6, 6.07) is 7.98. The Labute approximate surface area is 118 Å². The minimum Gasteiger partial charge on any atom is -0.388 e. The summed E-state index contributed by atoms with van der Waals surface area (Å²) in [6.07, 6.45) is 5.10. The molecule has 0 amide bonds. The zero-order valence-electron chi connectivity index (χ0n) is 12.4. The molecule has 0 aliphatic carbocycles. The molecule has 1 rings (SSSR count). The van der Waals surface area contributed by atoms with Gasteiger partial charge in [-0.25, -0.2) is 0 Å². The van der Waals surface area contributed by atoms with Crippen molar-refractivity contribution in [2.45, 2.75) is 59.0 Å². The molecule has 19 heavy (non-hydrogen) atoms. The van der Waals surface area contributed by atoms with Crippen LogP contribution in [-0.2, 0) is 0 Å². The molecule has 0 aliphatic heterocycles. The van der Waals surface area contributed by atoms with Crippen LogP contribution in [0.15, 0.2) is 24.3 Å². The number of aliphatic hydroxyl groups is 1. The predicted molar refractivity (Wildman–Crippen MR) is 81.9 cm³/mol. The van der Waals surface area contributed by atoms with Gasteiger partial charge in [-0.1, -0.05) is 57.6 Å². The second-order valence-corrected chi connectivity index (χ2v) is 5.09. The van der Waals surface area contributed by atoms with Crippen molar-refractivity contribution in [3.8, 4) is 11.8 Å². The monoisotopic (exact) mass is 258 g/mol. The SMILES string of the molecule is CCCC(C#Cc1cccc(C(O)CC)c1)CCC. The molecule has 0 heterocycles. The highest BCUT2D eigenvalue weighted by molar-refractivity contribution is 5.38. The zero-order chi connectivity index (χ0) is 14.1. The lowest BCUT2D eigenvalue weighted by molar-refractivity contribution is 0.173. The van der Waals surface area contributed by atoms with Crippen molar-refractivity contribution in [2.24, 2.45) is 5.92 Å². The van der Waals surface area contributed by atoms with Crippen LogP contribution in [0.3, 0.4) is 0 Å². The normalized spacial score (nSPS) is 12.1. The molecule has 1 aromatic carbocycles. The Morgan fingerprint density at radius 2 is 1.79 bits per heavy atom. The van der Waals surface area contributed by atoms with Gasteiger partial charge in [-0.15, -0.1) is 0 Å². The van der Waals surface area contributed by atoms with E-state index >= 15 is 0 Å². The first kappa shape index (κ1) is 15.8. The third-order valence-corrected chi connectivity index (χ3v) is 3.35. The van der Waals surface area contributed by atoms with Crippen LogP contribution in [0.25, 0.3) is 0 Å². The lowest BCUT2D eigenvalue weighted by Crippen LogP contribution is -1.97. The van der Waals surface area contributed by atoms with Crippen LogP contribution in [0.2, 0.25) is 0 Å². The van der Waals surface area contributed by atoms with Crippen molar-refractivity contribution in [2.75, 3.05) is 0 Å². The molecular formula is C18H26O. The van der Waals surface area contributed by atoms with Crippen LogP contribution < -0.4 is 0 Å². The third kappa shape index (κ3) is 5.49. The number of rotatable bonds is 6. The van der Waals surface area contributed by atoms with Crippen LogP contribution in [-0.4, -0.2) is 5.11 Å². The fourth-order valence-corrected chi connectivity index (χ4v) is 2.23. The van der Waals surface area contributed by atoms with E-state index in [4.69, 9.17) is 0 Å². The molecule has 0 fully saturated rings. The summed E-state index contributed by atoms with van der Waals surface area (Å²) in [4.78, 5) is 0. The predicted octanol–water partition coefficient (Wildman–Crippen LogP) is 4.70. The van der Waals surface area contributed by atoms with Crippen LogP contribution in [0, 0.1) is 17.8 Å². The summed E-state index contributed by atoms with van der Waals surface area (Å²) in [5.74, 6) is 7.17. The van der Waals surface area contributed by atoms with E-state index in [2.05, 4.69) is 25.7 Å². The van der Waals surface area contributed by atoms with Crippen LogP contribution in [0.1, 0.15) is 70.1 Å². The Kier molecular flexibility index (Phi) is 7.30. The lowest BCUT2D eigenvalue weighted by atomic mass is 9.98. The van der Waals surface area contributed by atoms with Gasteiger partial charge in [0.2, 0.25) is 0 Å². The number of benzene rings is 1. The molecule has 1 atom stereocenters. The maximum atomic E-state index is 9.85. The van der Waals surface area contributed by atoms with E-state index in [-0.39, 0.29) is 6.10 Å². The summed E-state index contributed by atoms with van der Waals surface area (Å²) in [5, 5.41) is 9.85. The van der Waals surface area contributed by atoms with Crippen molar-refractivity contribution in [1.29, 1.82) is 0 Å². The van der Waals surface area contributed by atoms with Gasteiger partial charge in [0.05, 0.1) is 6.10 Å². The maximum absolute atomic E-state index is 9.85. The van der Waals surface area contributed by atoms with Crippen molar-refractivity contribution < 1.29 is 5.11 Å². The quantitative estimate of drug-likeness (QED) is 0.733. The van der Waals surface area contributed by atoms with Gasteiger partial charge in [-0.05, 0) is 37.0 Å². The van der Waals surface area contributed by atoms with Crippen LogP contribution >= 0.6 is 0 Å². The molecule has 0 aromatic heterocycles. The largest absolute Gasteiger partial charge is 0.388 e. The first-order valence-electron chi connectivity index (χ1n) is 7.50. The first-order chi connectivity index (χ1) is 9.21. The van der Waals surface area contributed by atoms with E-state index in [9.17, 15) is 5.11 Å². The first-order valence-corrected chi connectivity index (χ1v) is 7.50. The summed E-state index contributed by atoms with van der Waals surface area (Å²) < 4.78 is 0. The lowest BCUT2D eigenvalue weighted by Gasteiger charge is -2.08. The topological polar surface area (TPSA) is 20.2 Å². The molecule has 1 heteroatoms. The molecule has 1 aromatic rings. The van der Waals surface area contributed by atoms with E-state index in [1.54, 1.807) is 0 Å². The molecule has 0 radical (unpaired) electrons. The Hall–Kier alpha value is -1.26. The smallest absolute Gasteiger partial charge is 0.0787 e. The molecular weight excluding hydrogens is 232 g/mol. The summed E-state index contributed by atoms with van der Waals surface area (Å²) >= 11 is 0. The van der Waals surface area contributed by atoms with Crippen LogP contribution in [0.4, 0.5) is 0 Å². The minimum atomic E-state index is -0.371. The van der Waals surface area contributed by atoms with Gasteiger partial charge < -0.3 is 5.11 Å². The summed E-state index contributed by atoms with van der Waals surface area (Å²) in [5.41, 5.74) is 1.99. The molecule has 0 aliphatic rings. The molecule has 0 spiro atoms.